The molecular formula is C16H21F3N2O3. The normalized spacial score (nSPS) is 12.0. The van der Waals surface area contributed by atoms with E-state index in [1.165, 1.54) is 13.0 Å². The number of rotatable bonds is 5. The van der Waals surface area contributed by atoms with Crippen molar-refractivity contribution < 1.29 is 27.9 Å². The maximum Gasteiger partial charge on any atom is 0.416 e. The van der Waals surface area contributed by atoms with E-state index < -0.39 is 29.2 Å². The number of carbonyl (C=O) groups is 2. The third kappa shape index (κ3) is 4.95. The minimum atomic E-state index is -4.55. The Morgan fingerprint density at radius 2 is 1.71 bits per heavy atom. The molecule has 0 saturated carbocycles. The van der Waals surface area contributed by atoms with Gasteiger partial charge in [0.15, 0.2) is 0 Å². The maximum absolute atomic E-state index is 12.8. The number of aliphatic hydroxyl groups is 1. The van der Waals surface area contributed by atoms with E-state index in [0.717, 1.165) is 12.1 Å². The third-order valence-electron chi connectivity index (χ3n) is 3.99. The van der Waals surface area contributed by atoms with Crippen molar-refractivity contribution in [2.75, 3.05) is 11.9 Å². The van der Waals surface area contributed by atoms with E-state index in [4.69, 9.17) is 0 Å². The number of halogens is 3. The summed E-state index contributed by atoms with van der Waals surface area (Å²) >= 11 is 0. The number of anilines is 1. The van der Waals surface area contributed by atoms with Crippen molar-refractivity contribution in [1.82, 2.24) is 5.32 Å². The monoisotopic (exact) mass is 346 g/mol. The molecule has 0 radical (unpaired) electrons. The Bertz CT molecular complexity index is 611. The van der Waals surface area contributed by atoms with Crippen LogP contribution in [0.5, 0.6) is 0 Å². The molecule has 0 aliphatic heterocycles. The fraction of sp³-hybridized carbons (Fsp3) is 0.500. The summed E-state index contributed by atoms with van der Waals surface area (Å²) in [5.41, 5.74) is -2.27. The lowest BCUT2D eigenvalue weighted by Gasteiger charge is -2.25. The van der Waals surface area contributed by atoms with Gasteiger partial charge in [0, 0.05) is 12.2 Å². The van der Waals surface area contributed by atoms with Crippen LogP contribution in [0, 0.1) is 6.92 Å². The average Bonchev–Trinajstić information content (AvgIpc) is 2.53. The van der Waals surface area contributed by atoms with Crippen molar-refractivity contribution in [2.24, 2.45) is 0 Å². The second-order valence-electron chi connectivity index (χ2n) is 5.54. The van der Waals surface area contributed by atoms with E-state index in [1.54, 1.807) is 13.8 Å². The van der Waals surface area contributed by atoms with Crippen LogP contribution in [0.25, 0.3) is 0 Å². The fourth-order valence-electron chi connectivity index (χ4n) is 2.08. The van der Waals surface area contributed by atoms with Gasteiger partial charge in [-0.2, -0.15) is 13.2 Å². The number of amides is 2. The zero-order valence-corrected chi connectivity index (χ0v) is 13.8. The van der Waals surface area contributed by atoms with Crippen LogP contribution in [0.2, 0.25) is 0 Å². The van der Waals surface area contributed by atoms with E-state index in [-0.39, 0.29) is 17.8 Å². The molecule has 0 aliphatic rings. The number of hydrogen-bond acceptors (Lipinski definition) is 3. The maximum atomic E-state index is 12.8. The van der Waals surface area contributed by atoms with Crippen LogP contribution in [0.15, 0.2) is 18.2 Å². The molecule has 0 heterocycles. The van der Waals surface area contributed by atoms with Gasteiger partial charge < -0.3 is 15.7 Å². The molecule has 134 valence electrons. The van der Waals surface area contributed by atoms with Crippen LogP contribution in [0.1, 0.15) is 37.8 Å². The van der Waals surface area contributed by atoms with Gasteiger partial charge in [-0.05, 0) is 37.5 Å². The zero-order chi connectivity index (χ0) is 18.5. The summed E-state index contributed by atoms with van der Waals surface area (Å²) in [6.45, 7) is 4.57. The lowest BCUT2D eigenvalue weighted by atomic mass is 9.98. The molecule has 0 fully saturated rings. The number of carbonyl (C=O) groups excluding carboxylic acids is 2. The highest BCUT2D eigenvalue weighted by Crippen LogP contribution is 2.34. The smallest absolute Gasteiger partial charge is 0.388 e. The largest absolute Gasteiger partial charge is 0.416 e. The molecule has 0 spiro atoms. The second-order valence-corrected chi connectivity index (χ2v) is 5.54. The molecule has 0 saturated heterocycles. The first kappa shape index (κ1) is 20.0. The first-order valence-electron chi connectivity index (χ1n) is 7.52. The summed E-state index contributed by atoms with van der Waals surface area (Å²) in [4.78, 5) is 23.6. The molecule has 8 heteroatoms. The summed E-state index contributed by atoms with van der Waals surface area (Å²) in [7, 11) is 0. The van der Waals surface area contributed by atoms with Gasteiger partial charge in [0.2, 0.25) is 0 Å². The third-order valence-corrected chi connectivity index (χ3v) is 3.99. The van der Waals surface area contributed by atoms with Gasteiger partial charge in [0.25, 0.3) is 0 Å². The molecular weight excluding hydrogens is 325 g/mol. The van der Waals surface area contributed by atoms with Gasteiger partial charge in [-0.1, -0.05) is 19.9 Å². The van der Waals surface area contributed by atoms with Crippen molar-refractivity contribution in [3.8, 4) is 0 Å². The summed E-state index contributed by atoms with van der Waals surface area (Å²) in [6.07, 6.45) is -3.78. The van der Waals surface area contributed by atoms with Gasteiger partial charge in [0.1, 0.15) is 0 Å². The molecule has 5 nitrogen and oxygen atoms in total. The highest BCUT2D eigenvalue weighted by Gasteiger charge is 2.33. The highest BCUT2D eigenvalue weighted by atomic mass is 19.4. The number of nitrogens with one attached hydrogen (secondary N) is 2. The van der Waals surface area contributed by atoms with E-state index in [2.05, 4.69) is 10.6 Å². The molecule has 0 unspecified atom stereocenters. The van der Waals surface area contributed by atoms with Crippen molar-refractivity contribution >= 4 is 17.5 Å². The summed E-state index contributed by atoms with van der Waals surface area (Å²) in [5, 5.41) is 14.5. The Kier molecular flexibility index (Phi) is 6.36. The molecule has 1 rings (SSSR count). The SMILES string of the molecule is CCC(O)(CC)CNC(=O)C(=O)Nc1cccc(C(F)(F)F)c1C. The van der Waals surface area contributed by atoms with E-state index in [0.29, 0.717) is 12.8 Å². The zero-order valence-electron chi connectivity index (χ0n) is 13.8. The Morgan fingerprint density at radius 1 is 1.12 bits per heavy atom. The lowest BCUT2D eigenvalue weighted by Crippen LogP contribution is -2.45. The highest BCUT2D eigenvalue weighted by molar-refractivity contribution is 6.39. The summed E-state index contributed by atoms with van der Waals surface area (Å²) in [5.74, 6) is -2.11. The van der Waals surface area contributed by atoms with Gasteiger partial charge in [0.05, 0.1) is 11.2 Å². The topological polar surface area (TPSA) is 78.4 Å². The van der Waals surface area contributed by atoms with Gasteiger partial charge >= 0.3 is 18.0 Å². The van der Waals surface area contributed by atoms with E-state index in [9.17, 15) is 27.9 Å². The first-order chi connectivity index (χ1) is 11.0. The quantitative estimate of drug-likeness (QED) is 0.717. The molecule has 1 aromatic carbocycles. The first-order valence-corrected chi connectivity index (χ1v) is 7.52. The molecule has 1 aromatic rings. The van der Waals surface area contributed by atoms with Crippen LogP contribution >= 0.6 is 0 Å². The summed E-state index contributed by atoms with van der Waals surface area (Å²) < 4.78 is 38.5. The second kappa shape index (κ2) is 7.65. The van der Waals surface area contributed by atoms with Crippen LogP contribution in [-0.2, 0) is 15.8 Å². The number of alkyl halides is 3. The van der Waals surface area contributed by atoms with E-state index >= 15 is 0 Å². The predicted octanol–water partition coefficient (Wildman–Crippen LogP) is 2.62. The van der Waals surface area contributed by atoms with Crippen LogP contribution < -0.4 is 10.6 Å². The molecule has 0 aromatic heterocycles. The predicted molar refractivity (Wildman–Crippen MR) is 83.4 cm³/mol. The van der Waals surface area contributed by atoms with E-state index in [1.807, 2.05) is 0 Å². The molecule has 0 atom stereocenters. The Morgan fingerprint density at radius 3 is 2.21 bits per heavy atom. The van der Waals surface area contributed by atoms with Crippen molar-refractivity contribution in [3.05, 3.63) is 29.3 Å². The van der Waals surface area contributed by atoms with Crippen molar-refractivity contribution in [1.29, 1.82) is 0 Å². The minimum absolute atomic E-state index is 0.0915. The number of benzene rings is 1. The summed E-state index contributed by atoms with van der Waals surface area (Å²) in [6, 6.07) is 3.33. The average molecular weight is 346 g/mol. The molecule has 0 aliphatic carbocycles. The molecule has 24 heavy (non-hydrogen) atoms. The molecule has 3 N–H and O–H groups in total. The Labute approximate surface area is 138 Å². The van der Waals surface area contributed by atoms with Gasteiger partial charge in [-0.25, -0.2) is 0 Å². The van der Waals surface area contributed by atoms with Crippen molar-refractivity contribution in [2.45, 2.75) is 45.4 Å². The standard InChI is InChI=1S/C16H21F3N2O3/c1-4-15(24,5-2)9-20-13(22)14(23)21-12-8-6-7-11(10(12)3)16(17,18)19/h6-8,24H,4-5,9H2,1-3H3,(H,20,22)(H,21,23). The van der Waals surface area contributed by atoms with Crippen LogP contribution in [0.3, 0.4) is 0 Å². The Balaban J connectivity index is 2.80. The van der Waals surface area contributed by atoms with Gasteiger partial charge in [-0.3, -0.25) is 9.59 Å². The molecule has 0 bridgehead atoms. The number of hydrogen-bond donors (Lipinski definition) is 3. The minimum Gasteiger partial charge on any atom is -0.388 e. The Hall–Kier alpha value is -2.09. The molecule has 2 amide bonds. The van der Waals surface area contributed by atoms with Crippen molar-refractivity contribution in [3.63, 3.8) is 0 Å². The van der Waals surface area contributed by atoms with Crippen LogP contribution in [-0.4, -0.2) is 29.1 Å². The lowest BCUT2D eigenvalue weighted by molar-refractivity contribution is -0.138. The van der Waals surface area contributed by atoms with Gasteiger partial charge in [-0.15, -0.1) is 0 Å². The fourth-order valence-corrected chi connectivity index (χ4v) is 2.08. The van der Waals surface area contributed by atoms with Crippen LogP contribution in [0.4, 0.5) is 18.9 Å².